The monoisotopic (exact) mass is 772 g/mol. The number of nitrogens with one attached hydrogen (secondary N) is 1. The zero-order valence-corrected chi connectivity index (χ0v) is 31.4. The van der Waals surface area contributed by atoms with Gasteiger partial charge in [0.15, 0.2) is 5.60 Å². The molecule has 4 atom stereocenters. The van der Waals surface area contributed by atoms with E-state index in [1.165, 1.54) is 0 Å². The summed E-state index contributed by atoms with van der Waals surface area (Å²) in [6.45, 7) is 5.42. The molecule has 6 rings (SSSR count). The van der Waals surface area contributed by atoms with Crippen LogP contribution in [0.4, 0.5) is 21.2 Å². The van der Waals surface area contributed by atoms with E-state index >= 15 is 4.11 Å². The number of anilines is 3. The number of carbonyl (C=O) groups excluding carboxylic acids is 3. The van der Waals surface area contributed by atoms with Crippen LogP contribution < -0.4 is 16.0 Å². The van der Waals surface area contributed by atoms with Gasteiger partial charge in [-0.3, -0.25) is 14.4 Å². The topological polar surface area (TPSA) is 125 Å². The highest BCUT2D eigenvalue weighted by Gasteiger charge is 2.67. The van der Waals surface area contributed by atoms with Crippen molar-refractivity contribution in [3.05, 3.63) is 124 Å². The van der Waals surface area contributed by atoms with Crippen molar-refractivity contribution in [2.75, 3.05) is 29.1 Å². The van der Waals surface area contributed by atoms with Crippen molar-refractivity contribution in [1.29, 1.82) is 0 Å². The molecular formula is C39H42BrFN4O5Si. The fourth-order valence-electron chi connectivity index (χ4n) is 7.66. The van der Waals surface area contributed by atoms with E-state index in [2.05, 4.69) is 21.2 Å². The van der Waals surface area contributed by atoms with Crippen molar-refractivity contribution >= 4 is 59.1 Å². The minimum Gasteiger partial charge on any atom is -0.399 e. The molecule has 2 aliphatic heterocycles. The average molecular weight is 774 g/mol. The summed E-state index contributed by atoms with van der Waals surface area (Å²) in [5.41, 5.74) is 8.09. The summed E-state index contributed by atoms with van der Waals surface area (Å²) in [5.74, 6) is -1.48. The van der Waals surface area contributed by atoms with Gasteiger partial charge in [0, 0.05) is 51.5 Å². The van der Waals surface area contributed by atoms with Crippen molar-refractivity contribution in [1.82, 2.24) is 4.90 Å². The van der Waals surface area contributed by atoms with E-state index in [0.29, 0.717) is 28.2 Å². The van der Waals surface area contributed by atoms with Gasteiger partial charge in [0.2, 0.25) is 14.3 Å². The molecule has 0 bridgehead atoms. The van der Waals surface area contributed by atoms with Crippen LogP contribution >= 0.6 is 15.9 Å². The highest BCUT2D eigenvalue weighted by atomic mass is 79.9. The molecule has 266 valence electrons. The van der Waals surface area contributed by atoms with Crippen LogP contribution in [0, 0.1) is 5.92 Å². The molecule has 51 heavy (non-hydrogen) atoms. The fraction of sp³-hybridized carbons (Fsp3) is 0.308. The molecule has 0 saturated carbocycles. The maximum absolute atomic E-state index is 16.4. The largest absolute Gasteiger partial charge is 0.399 e. The Labute approximate surface area is 306 Å². The summed E-state index contributed by atoms with van der Waals surface area (Å²) < 4.78 is 24.0. The SMILES string of the molecule is C[C@H]1[C@H]([Si](C)(C)F)[C@@H](CC(=O)N(CCO)Cc2ccccc2)O[C@]12C(=O)N(Cc1cccc(NC(=O)c3ccc(N)cc3)c1)c1ccc(Br)cc12. The van der Waals surface area contributed by atoms with E-state index in [1.54, 1.807) is 53.2 Å². The molecule has 0 radical (unpaired) electrons. The van der Waals surface area contributed by atoms with Crippen molar-refractivity contribution < 1.29 is 28.3 Å². The van der Waals surface area contributed by atoms with Gasteiger partial charge in [-0.15, -0.1) is 0 Å². The van der Waals surface area contributed by atoms with Crippen molar-refractivity contribution in [3.63, 3.8) is 0 Å². The molecule has 4 aromatic carbocycles. The number of hydrogen-bond acceptors (Lipinski definition) is 6. The van der Waals surface area contributed by atoms with Crippen LogP contribution in [0.1, 0.15) is 40.4 Å². The van der Waals surface area contributed by atoms with Crippen LogP contribution in [-0.4, -0.2) is 55.4 Å². The van der Waals surface area contributed by atoms with Gasteiger partial charge < -0.3 is 34.8 Å². The van der Waals surface area contributed by atoms with E-state index in [1.807, 2.05) is 73.7 Å². The molecule has 3 amide bonds. The second-order valence-electron chi connectivity index (χ2n) is 13.8. The van der Waals surface area contributed by atoms with Gasteiger partial charge in [-0.05, 0) is 78.8 Å². The number of fused-ring (bicyclic) bond motifs is 2. The number of halogens is 2. The first-order chi connectivity index (χ1) is 24.3. The molecule has 4 aromatic rings. The van der Waals surface area contributed by atoms with Gasteiger partial charge in [-0.2, -0.15) is 0 Å². The Kier molecular flexibility index (Phi) is 10.5. The number of ether oxygens (including phenoxy) is 1. The number of amides is 3. The van der Waals surface area contributed by atoms with Crippen LogP contribution in [-0.2, 0) is 33.0 Å². The zero-order chi connectivity index (χ0) is 36.5. The Balaban J connectivity index is 1.29. The summed E-state index contributed by atoms with van der Waals surface area (Å²) >= 11 is 3.57. The van der Waals surface area contributed by atoms with E-state index in [-0.39, 0.29) is 50.4 Å². The molecule has 12 heteroatoms. The predicted octanol–water partition coefficient (Wildman–Crippen LogP) is 7.02. The first-order valence-electron chi connectivity index (χ1n) is 17.0. The minimum absolute atomic E-state index is 0.115. The lowest BCUT2D eigenvalue weighted by Gasteiger charge is -2.31. The lowest BCUT2D eigenvalue weighted by molar-refractivity contribution is -0.150. The summed E-state index contributed by atoms with van der Waals surface area (Å²) in [5, 5.41) is 12.7. The van der Waals surface area contributed by atoms with E-state index in [4.69, 9.17) is 10.5 Å². The number of aliphatic hydroxyl groups is 1. The van der Waals surface area contributed by atoms with Crippen LogP contribution in [0.15, 0.2) is 102 Å². The van der Waals surface area contributed by atoms with E-state index < -0.39 is 31.6 Å². The highest BCUT2D eigenvalue weighted by molar-refractivity contribution is 9.10. The summed E-state index contributed by atoms with van der Waals surface area (Å²) in [4.78, 5) is 44.8. The quantitative estimate of drug-likeness (QED) is 0.0856. The van der Waals surface area contributed by atoms with Gasteiger partial charge in [0.25, 0.3) is 11.8 Å². The Morgan fingerprint density at radius 1 is 1.02 bits per heavy atom. The smallest absolute Gasteiger partial charge is 0.264 e. The third-order valence-electron chi connectivity index (χ3n) is 9.94. The van der Waals surface area contributed by atoms with Crippen LogP contribution in [0.3, 0.4) is 0 Å². The molecule has 4 N–H and O–H groups in total. The fourth-order valence-corrected chi connectivity index (χ4v) is 10.5. The molecule has 0 aromatic heterocycles. The lowest BCUT2D eigenvalue weighted by Crippen LogP contribution is -2.45. The highest BCUT2D eigenvalue weighted by Crippen LogP contribution is 2.60. The predicted molar refractivity (Wildman–Crippen MR) is 202 cm³/mol. The first-order valence-corrected chi connectivity index (χ1v) is 20.7. The van der Waals surface area contributed by atoms with Crippen molar-refractivity contribution in [2.45, 2.75) is 56.8 Å². The summed E-state index contributed by atoms with van der Waals surface area (Å²) in [6, 6.07) is 28.9. The van der Waals surface area contributed by atoms with E-state index in [9.17, 15) is 19.5 Å². The Hall–Kier alpha value is -4.36. The number of rotatable bonds is 11. The van der Waals surface area contributed by atoms with Crippen LogP contribution in [0.25, 0.3) is 0 Å². The Morgan fingerprint density at radius 3 is 2.41 bits per heavy atom. The Morgan fingerprint density at radius 2 is 1.73 bits per heavy atom. The maximum atomic E-state index is 16.4. The second-order valence-corrected chi connectivity index (χ2v) is 18.5. The molecule has 2 aliphatic rings. The molecule has 1 saturated heterocycles. The molecular weight excluding hydrogens is 731 g/mol. The number of hydrogen-bond donors (Lipinski definition) is 3. The molecule has 0 unspecified atom stereocenters. The Bertz CT molecular complexity index is 1930. The zero-order valence-electron chi connectivity index (χ0n) is 28.8. The molecule has 2 heterocycles. The normalized spacial score (nSPS) is 21.2. The molecule has 1 fully saturated rings. The standard InChI is InChI=1S/C39H42BrFN4O5Si/c1-25-36(51(2,3)41)34(22-35(47)44(18-19-46)23-26-8-5-4-6-9-26)50-39(25)32-21-29(40)14-17-33(32)45(38(39)49)24-27-10-7-11-31(20-27)43-37(48)28-12-15-30(42)16-13-28/h4-17,20-21,25,34,36,46H,18-19,22-24,42H2,1-3H3,(H,43,48)/t25-,34+,36-,39+/m0/s1. The van der Waals surface area contributed by atoms with Gasteiger partial charge in [0.05, 0.1) is 31.4 Å². The number of nitrogen functional groups attached to an aromatic ring is 1. The number of benzene rings is 4. The summed E-state index contributed by atoms with van der Waals surface area (Å²) in [7, 11) is -3.53. The molecule has 0 aliphatic carbocycles. The number of aliphatic hydroxyl groups excluding tert-OH is 1. The first kappa shape index (κ1) is 36.4. The average Bonchev–Trinajstić information content (AvgIpc) is 3.51. The molecule has 9 nitrogen and oxygen atoms in total. The van der Waals surface area contributed by atoms with Crippen LogP contribution in [0.2, 0.25) is 18.6 Å². The van der Waals surface area contributed by atoms with Crippen molar-refractivity contribution in [3.8, 4) is 0 Å². The van der Waals surface area contributed by atoms with Gasteiger partial charge in [-0.1, -0.05) is 65.3 Å². The molecule has 1 spiro atoms. The van der Waals surface area contributed by atoms with Crippen molar-refractivity contribution in [2.24, 2.45) is 5.92 Å². The van der Waals surface area contributed by atoms with E-state index in [0.717, 1.165) is 15.6 Å². The third-order valence-corrected chi connectivity index (χ3v) is 12.9. The van der Waals surface area contributed by atoms with Crippen LogP contribution in [0.5, 0.6) is 0 Å². The second kappa shape index (κ2) is 14.7. The minimum atomic E-state index is -3.53. The lowest BCUT2D eigenvalue weighted by atomic mass is 9.82. The number of carbonyl (C=O) groups is 3. The third kappa shape index (κ3) is 7.36. The van der Waals surface area contributed by atoms with Gasteiger partial charge in [-0.25, -0.2) is 0 Å². The number of nitrogens with two attached hydrogens (primary N) is 1. The number of nitrogens with zero attached hydrogens (tertiary/aromatic N) is 2. The van der Waals surface area contributed by atoms with Gasteiger partial charge >= 0.3 is 0 Å². The van der Waals surface area contributed by atoms with Gasteiger partial charge in [0.1, 0.15) is 0 Å². The summed E-state index contributed by atoms with van der Waals surface area (Å²) in [6.07, 6.45) is -0.991. The maximum Gasteiger partial charge on any atom is 0.264 e.